The van der Waals surface area contributed by atoms with Gasteiger partial charge in [-0.3, -0.25) is 9.59 Å². The van der Waals surface area contributed by atoms with Crippen LogP contribution in [0.2, 0.25) is 0 Å². The number of nitrogens with zero attached hydrogens (tertiary/aromatic N) is 1. The third-order valence-electron chi connectivity index (χ3n) is 6.54. The monoisotopic (exact) mass is 563 g/mol. The first-order valence-corrected chi connectivity index (χ1v) is 12.5. The molecule has 1 aromatic carbocycles. The van der Waals surface area contributed by atoms with Crippen molar-refractivity contribution in [1.82, 2.24) is 4.90 Å². The van der Waals surface area contributed by atoms with Crippen LogP contribution in [-0.2, 0) is 14.3 Å². The molecule has 0 saturated carbocycles. The summed E-state index contributed by atoms with van der Waals surface area (Å²) in [5.74, 6) is 1.14. The second-order valence-corrected chi connectivity index (χ2v) is 9.65. The summed E-state index contributed by atoms with van der Waals surface area (Å²) < 4.78 is 17.7. The van der Waals surface area contributed by atoms with Crippen molar-refractivity contribution in [2.75, 3.05) is 34.0 Å². The van der Waals surface area contributed by atoms with Gasteiger partial charge in [0.15, 0.2) is 23.1 Å². The zero-order valence-electron chi connectivity index (χ0n) is 19.2. The van der Waals surface area contributed by atoms with Crippen LogP contribution in [0.15, 0.2) is 47.3 Å². The van der Waals surface area contributed by atoms with E-state index >= 15 is 0 Å². The van der Waals surface area contributed by atoms with Gasteiger partial charge in [0, 0.05) is 55.0 Å². The van der Waals surface area contributed by atoms with Gasteiger partial charge in [0.25, 0.3) is 0 Å². The van der Waals surface area contributed by atoms with Gasteiger partial charge in [0.2, 0.25) is 0 Å². The summed E-state index contributed by atoms with van der Waals surface area (Å²) in [7, 11) is 3.29. The number of allylic oxidation sites excluding steroid dienone is 4. The fourth-order valence-electron chi connectivity index (χ4n) is 5.19. The van der Waals surface area contributed by atoms with Gasteiger partial charge in [-0.25, -0.2) is 0 Å². The molecule has 0 spiro atoms. The van der Waals surface area contributed by atoms with Gasteiger partial charge in [0.1, 0.15) is 6.61 Å². The number of benzene rings is 1. The molecule has 0 bridgehead atoms. The van der Waals surface area contributed by atoms with Gasteiger partial charge in [-0.1, -0.05) is 12.7 Å². The van der Waals surface area contributed by atoms with E-state index in [0.29, 0.717) is 44.1 Å². The third-order valence-corrected chi connectivity index (χ3v) is 7.34. The minimum absolute atomic E-state index is 0.134. The molecule has 0 atom stereocenters. The van der Waals surface area contributed by atoms with Crippen LogP contribution in [0.1, 0.15) is 50.0 Å². The molecule has 7 heteroatoms. The average Bonchev–Trinajstić information content (AvgIpc) is 2.81. The molecule has 0 amide bonds. The van der Waals surface area contributed by atoms with Crippen molar-refractivity contribution in [3.05, 3.63) is 56.5 Å². The van der Waals surface area contributed by atoms with Gasteiger partial charge in [-0.05, 0) is 66.0 Å². The van der Waals surface area contributed by atoms with Crippen molar-refractivity contribution in [3.8, 4) is 11.5 Å². The fraction of sp³-hybridized carbons (Fsp3) is 0.462. The maximum atomic E-state index is 13.3. The molecule has 0 unspecified atom stereocenters. The average molecular weight is 563 g/mol. The Balaban J connectivity index is 1.91. The van der Waals surface area contributed by atoms with E-state index in [1.165, 1.54) is 0 Å². The Hall–Kier alpha value is -2.13. The van der Waals surface area contributed by atoms with Crippen molar-refractivity contribution < 1.29 is 23.8 Å². The molecule has 1 aliphatic heterocycles. The Bertz CT molecular complexity index is 997. The van der Waals surface area contributed by atoms with Crippen LogP contribution in [0.3, 0.4) is 0 Å². The van der Waals surface area contributed by atoms with E-state index < -0.39 is 0 Å². The molecule has 1 heterocycles. The van der Waals surface area contributed by atoms with Crippen LogP contribution in [0.25, 0.3) is 0 Å². The van der Waals surface area contributed by atoms with E-state index in [0.717, 1.165) is 57.4 Å². The number of ketones is 2. The highest BCUT2D eigenvalue weighted by Gasteiger charge is 2.43. The van der Waals surface area contributed by atoms with E-state index in [1.54, 1.807) is 20.3 Å². The van der Waals surface area contributed by atoms with Gasteiger partial charge >= 0.3 is 0 Å². The number of halogens is 1. The van der Waals surface area contributed by atoms with E-state index in [-0.39, 0.29) is 17.5 Å². The largest absolute Gasteiger partial charge is 0.493 e. The molecule has 4 rings (SSSR count). The molecule has 0 N–H and O–H groups in total. The van der Waals surface area contributed by atoms with Crippen LogP contribution < -0.4 is 9.47 Å². The second-order valence-electron chi connectivity index (χ2n) is 8.49. The van der Waals surface area contributed by atoms with Crippen LogP contribution >= 0.6 is 22.6 Å². The van der Waals surface area contributed by atoms with Crippen LogP contribution in [-0.4, -0.2) is 50.4 Å². The Labute approximate surface area is 208 Å². The second kappa shape index (κ2) is 10.4. The number of hydrogen-bond acceptors (Lipinski definition) is 6. The number of rotatable bonds is 8. The smallest absolute Gasteiger partial charge is 0.174 e. The minimum atomic E-state index is -0.370. The first-order chi connectivity index (χ1) is 16.0. The first kappa shape index (κ1) is 24.0. The maximum absolute atomic E-state index is 13.3. The standard InChI is InChI=1S/C26H30INO5/c1-4-12-33-26-17(27)14-16(15-22(26)32-3)23-24-18(7-5-9-20(24)29)28(11-13-31-2)19-8-6-10-21(30)25(19)23/h4,14-15,23H,1,5-13H2,2-3H3. The maximum Gasteiger partial charge on any atom is 0.174 e. The summed E-state index contributed by atoms with van der Waals surface area (Å²) in [5.41, 5.74) is 4.55. The van der Waals surface area contributed by atoms with Gasteiger partial charge < -0.3 is 19.1 Å². The van der Waals surface area contributed by atoms with Gasteiger partial charge in [-0.15, -0.1) is 0 Å². The predicted molar refractivity (Wildman–Crippen MR) is 134 cm³/mol. The van der Waals surface area contributed by atoms with Crippen LogP contribution in [0.5, 0.6) is 11.5 Å². The highest BCUT2D eigenvalue weighted by atomic mass is 127. The number of methoxy groups -OCH3 is 2. The number of ether oxygens (including phenoxy) is 3. The Morgan fingerprint density at radius 1 is 1.06 bits per heavy atom. The first-order valence-electron chi connectivity index (χ1n) is 11.4. The van der Waals surface area contributed by atoms with Crippen molar-refractivity contribution in [2.45, 2.75) is 44.4 Å². The van der Waals surface area contributed by atoms with Crippen molar-refractivity contribution >= 4 is 34.2 Å². The quantitative estimate of drug-likeness (QED) is 0.331. The van der Waals surface area contributed by atoms with Crippen molar-refractivity contribution in [1.29, 1.82) is 0 Å². The van der Waals surface area contributed by atoms with E-state index in [4.69, 9.17) is 14.2 Å². The summed E-state index contributed by atoms with van der Waals surface area (Å²) in [6.45, 7) is 5.28. The molecule has 2 aliphatic carbocycles. The molecular formula is C26H30INO5. The van der Waals surface area contributed by atoms with E-state index in [2.05, 4.69) is 34.1 Å². The molecule has 6 nitrogen and oxygen atoms in total. The third kappa shape index (κ3) is 4.49. The Morgan fingerprint density at radius 2 is 1.70 bits per heavy atom. The Kier molecular flexibility index (Phi) is 7.58. The van der Waals surface area contributed by atoms with E-state index in [9.17, 15) is 9.59 Å². The van der Waals surface area contributed by atoms with E-state index in [1.807, 2.05) is 12.1 Å². The topological polar surface area (TPSA) is 65.1 Å². The minimum Gasteiger partial charge on any atom is -0.493 e. The number of carbonyl (C=O) groups excluding carboxylic acids is 2. The lowest BCUT2D eigenvalue weighted by molar-refractivity contribution is -0.117. The lowest BCUT2D eigenvalue weighted by atomic mass is 9.71. The molecule has 176 valence electrons. The summed E-state index contributed by atoms with van der Waals surface area (Å²) >= 11 is 2.23. The molecule has 0 saturated heterocycles. The molecule has 0 radical (unpaired) electrons. The molecular weight excluding hydrogens is 533 g/mol. The summed E-state index contributed by atoms with van der Waals surface area (Å²) in [5, 5.41) is 0. The Morgan fingerprint density at radius 3 is 2.24 bits per heavy atom. The lowest BCUT2D eigenvalue weighted by Gasteiger charge is -2.44. The summed E-state index contributed by atoms with van der Waals surface area (Å²) in [6, 6.07) is 3.95. The fourth-order valence-corrected chi connectivity index (χ4v) is 5.97. The molecule has 33 heavy (non-hydrogen) atoms. The van der Waals surface area contributed by atoms with Crippen molar-refractivity contribution in [2.24, 2.45) is 0 Å². The zero-order chi connectivity index (χ0) is 23.5. The number of hydrogen-bond donors (Lipinski definition) is 0. The lowest BCUT2D eigenvalue weighted by Crippen LogP contribution is -2.40. The molecule has 3 aliphatic rings. The van der Waals surface area contributed by atoms with Crippen molar-refractivity contribution in [3.63, 3.8) is 0 Å². The predicted octanol–water partition coefficient (Wildman–Crippen LogP) is 4.92. The normalized spacial score (nSPS) is 18.9. The van der Waals surface area contributed by atoms with Gasteiger partial charge in [0.05, 0.1) is 17.3 Å². The summed E-state index contributed by atoms with van der Waals surface area (Å²) in [4.78, 5) is 28.9. The van der Waals surface area contributed by atoms with Gasteiger partial charge in [-0.2, -0.15) is 0 Å². The van der Waals surface area contributed by atoms with Crippen LogP contribution in [0, 0.1) is 3.57 Å². The number of carbonyl (C=O) groups is 2. The number of Topliss-reactive ketones (excluding diaryl/α,β-unsaturated/α-hetero) is 2. The summed E-state index contributed by atoms with van der Waals surface area (Å²) in [6.07, 6.45) is 6.05. The van der Waals surface area contributed by atoms with Crippen LogP contribution in [0.4, 0.5) is 0 Å². The highest BCUT2D eigenvalue weighted by molar-refractivity contribution is 14.1. The molecule has 0 fully saturated rings. The molecule has 0 aromatic heterocycles. The SMILES string of the molecule is C=CCOc1c(I)cc(C2C3=C(CCCC3=O)N(CCOC)C3=C2C(=O)CCC3)cc1OC. The highest BCUT2D eigenvalue weighted by Crippen LogP contribution is 2.50. The zero-order valence-corrected chi connectivity index (χ0v) is 21.4. The molecule has 1 aromatic rings.